The van der Waals surface area contributed by atoms with E-state index in [9.17, 15) is 15.0 Å². The number of aliphatic hydroxyl groups is 2. The van der Waals surface area contributed by atoms with Gasteiger partial charge in [0.2, 0.25) is 0 Å². The minimum Gasteiger partial charge on any atom is -0.456 e. The first kappa shape index (κ1) is 14.5. The average Bonchev–Trinajstić information content (AvgIpc) is 2.09. The molecule has 2 fully saturated rings. The van der Waals surface area contributed by atoms with Crippen LogP contribution < -0.4 is 0 Å². The van der Waals surface area contributed by atoms with Gasteiger partial charge in [0.15, 0.2) is 0 Å². The lowest BCUT2D eigenvalue weighted by molar-refractivity contribution is -0.197. The van der Waals surface area contributed by atoms with Gasteiger partial charge in [-0.3, -0.25) is 0 Å². The van der Waals surface area contributed by atoms with Gasteiger partial charge < -0.3 is 14.9 Å². The van der Waals surface area contributed by atoms with Gasteiger partial charge in [-0.2, -0.15) is 0 Å². The van der Waals surface area contributed by atoms with E-state index >= 15 is 0 Å². The summed E-state index contributed by atoms with van der Waals surface area (Å²) in [5, 5.41) is 20.9. The molecule has 0 heterocycles. The minimum absolute atomic E-state index is 0.186. The summed E-state index contributed by atoms with van der Waals surface area (Å²) in [6.07, 6.45) is 2.74. The van der Waals surface area contributed by atoms with Crippen LogP contribution in [0, 0.1) is 5.92 Å². The highest BCUT2D eigenvalue weighted by atomic mass is 16.6. The second kappa shape index (κ2) is 4.32. The minimum atomic E-state index is -0.936. The van der Waals surface area contributed by atoms with Crippen molar-refractivity contribution < 1.29 is 19.7 Å². The maximum atomic E-state index is 11.7. The zero-order chi connectivity index (χ0) is 14.5. The van der Waals surface area contributed by atoms with E-state index in [1.807, 2.05) is 6.92 Å². The Kier molecular flexibility index (Phi) is 3.30. The maximum Gasteiger partial charge on any atom is 0.333 e. The van der Waals surface area contributed by atoms with Gasteiger partial charge in [0.1, 0.15) is 5.60 Å². The second-order valence-electron chi connectivity index (χ2n) is 7.17. The van der Waals surface area contributed by atoms with Crippen LogP contribution in [-0.4, -0.2) is 33.0 Å². The SMILES string of the molecule is C=C(C)C(=O)OC1(C)CC2CC(C)(O)CC(O)(C2)C1. The highest BCUT2D eigenvalue weighted by Gasteiger charge is 2.54. The van der Waals surface area contributed by atoms with Gasteiger partial charge in [0, 0.05) is 18.4 Å². The Morgan fingerprint density at radius 3 is 2.37 bits per heavy atom. The lowest BCUT2D eigenvalue weighted by atomic mass is 9.60. The van der Waals surface area contributed by atoms with Gasteiger partial charge in [-0.05, 0) is 46.0 Å². The fraction of sp³-hybridized carbons (Fsp3) is 0.800. The summed E-state index contributed by atoms with van der Waals surface area (Å²) in [6.45, 7) is 8.84. The van der Waals surface area contributed by atoms with Crippen molar-refractivity contribution in [2.45, 2.75) is 69.7 Å². The molecule has 2 bridgehead atoms. The number of ether oxygens (including phenoxy) is 1. The molecule has 4 heteroatoms. The van der Waals surface area contributed by atoms with Crippen molar-refractivity contribution in [1.82, 2.24) is 0 Å². The number of hydrogen-bond donors (Lipinski definition) is 2. The van der Waals surface area contributed by atoms with E-state index in [1.165, 1.54) is 0 Å². The standard InChI is InChI=1S/C15H24O4/c1-10(2)12(16)19-14(4)6-11-5-13(3,17)8-15(18,7-11)9-14/h11,17-18H,1,5-9H2,2-4H3. The quantitative estimate of drug-likeness (QED) is 0.593. The largest absolute Gasteiger partial charge is 0.456 e. The normalized spacial score (nSPS) is 45.6. The van der Waals surface area contributed by atoms with Crippen molar-refractivity contribution in [2.24, 2.45) is 5.92 Å². The molecule has 0 aromatic rings. The molecule has 2 aliphatic carbocycles. The molecule has 2 rings (SSSR count). The Morgan fingerprint density at radius 2 is 1.84 bits per heavy atom. The Labute approximate surface area is 114 Å². The molecule has 0 amide bonds. The van der Waals surface area contributed by atoms with Crippen LogP contribution in [0.5, 0.6) is 0 Å². The van der Waals surface area contributed by atoms with Crippen LogP contribution >= 0.6 is 0 Å². The van der Waals surface area contributed by atoms with E-state index in [2.05, 4.69) is 6.58 Å². The average molecular weight is 268 g/mol. The van der Waals surface area contributed by atoms with Crippen molar-refractivity contribution in [2.75, 3.05) is 0 Å². The van der Waals surface area contributed by atoms with Gasteiger partial charge in [-0.25, -0.2) is 4.79 Å². The summed E-state index contributed by atoms with van der Waals surface area (Å²) in [4.78, 5) is 11.7. The van der Waals surface area contributed by atoms with Crippen molar-refractivity contribution in [3.8, 4) is 0 Å². The number of carbonyl (C=O) groups excluding carboxylic acids is 1. The maximum absolute atomic E-state index is 11.7. The Morgan fingerprint density at radius 1 is 1.21 bits per heavy atom. The Bertz CT molecular complexity index is 412. The van der Waals surface area contributed by atoms with Crippen LogP contribution in [0.3, 0.4) is 0 Å². The molecule has 2 aliphatic rings. The van der Waals surface area contributed by atoms with Gasteiger partial charge >= 0.3 is 5.97 Å². The van der Waals surface area contributed by atoms with Gasteiger partial charge in [0.25, 0.3) is 0 Å². The third-order valence-electron chi connectivity index (χ3n) is 4.22. The van der Waals surface area contributed by atoms with Crippen molar-refractivity contribution in [1.29, 1.82) is 0 Å². The third kappa shape index (κ3) is 3.18. The van der Waals surface area contributed by atoms with Crippen molar-refractivity contribution in [3.05, 3.63) is 12.2 Å². The lowest BCUT2D eigenvalue weighted by Crippen LogP contribution is -2.57. The molecule has 19 heavy (non-hydrogen) atoms. The molecular weight excluding hydrogens is 244 g/mol. The van der Waals surface area contributed by atoms with Crippen LogP contribution in [0.25, 0.3) is 0 Å². The molecule has 0 aromatic carbocycles. The molecule has 2 saturated carbocycles. The molecule has 2 N–H and O–H groups in total. The predicted octanol–water partition coefficient (Wildman–Crippen LogP) is 1.94. The lowest BCUT2D eigenvalue weighted by Gasteiger charge is -2.53. The van der Waals surface area contributed by atoms with Crippen LogP contribution in [0.15, 0.2) is 12.2 Å². The predicted molar refractivity (Wildman–Crippen MR) is 71.5 cm³/mol. The first-order valence-electron chi connectivity index (χ1n) is 6.86. The molecule has 4 nitrogen and oxygen atoms in total. The molecule has 0 saturated heterocycles. The number of fused-ring (bicyclic) bond motifs is 2. The zero-order valence-corrected chi connectivity index (χ0v) is 12.0. The molecule has 4 unspecified atom stereocenters. The van der Waals surface area contributed by atoms with E-state index in [0.717, 1.165) is 0 Å². The monoisotopic (exact) mass is 268 g/mol. The number of esters is 1. The van der Waals surface area contributed by atoms with Gasteiger partial charge in [0.05, 0.1) is 11.2 Å². The number of carbonyl (C=O) groups is 1. The molecule has 108 valence electrons. The molecule has 4 atom stereocenters. The van der Waals surface area contributed by atoms with E-state index in [-0.39, 0.29) is 5.92 Å². The molecular formula is C15H24O4. The summed E-state index contributed by atoms with van der Waals surface area (Å²) >= 11 is 0. The Balaban J connectivity index is 2.15. The first-order chi connectivity index (χ1) is 8.53. The first-order valence-corrected chi connectivity index (χ1v) is 6.86. The highest BCUT2D eigenvalue weighted by molar-refractivity contribution is 5.87. The van der Waals surface area contributed by atoms with E-state index in [1.54, 1.807) is 13.8 Å². The fourth-order valence-electron chi connectivity index (χ4n) is 4.13. The highest BCUT2D eigenvalue weighted by Crippen LogP contribution is 2.51. The van der Waals surface area contributed by atoms with Crippen LogP contribution in [0.2, 0.25) is 0 Å². The van der Waals surface area contributed by atoms with Crippen molar-refractivity contribution in [3.63, 3.8) is 0 Å². The summed E-state index contributed by atoms with van der Waals surface area (Å²) in [5.41, 5.74) is -2.05. The van der Waals surface area contributed by atoms with Gasteiger partial charge in [-0.1, -0.05) is 6.58 Å². The molecule has 0 aromatic heterocycles. The fourth-order valence-corrected chi connectivity index (χ4v) is 4.13. The van der Waals surface area contributed by atoms with E-state index in [0.29, 0.717) is 37.7 Å². The Hall–Kier alpha value is -0.870. The van der Waals surface area contributed by atoms with Gasteiger partial charge in [-0.15, -0.1) is 0 Å². The molecule has 0 aliphatic heterocycles. The second-order valence-corrected chi connectivity index (χ2v) is 7.17. The van der Waals surface area contributed by atoms with E-state index in [4.69, 9.17) is 4.74 Å². The smallest absolute Gasteiger partial charge is 0.333 e. The van der Waals surface area contributed by atoms with Crippen LogP contribution in [-0.2, 0) is 9.53 Å². The van der Waals surface area contributed by atoms with Crippen LogP contribution in [0.1, 0.15) is 52.9 Å². The van der Waals surface area contributed by atoms with E-state index < -0.39 is 22.8 Å². The zero-order valence-electron chi connectivity index (χ0n) is 12.0. The summed E-state index contributed by atoms with van der Waals surface area (Å²) < 4.78 is 5.53. The topological polar surface area (TPSA) is 66.8 Å². The summed E-state index contributed by atoms with van der Waals surface area (Å²) in [5.74, 6) is -0.219. The molecule has 0 radical (unpaired) electrons. The van der Waals surface area contributed by atoms with Crippen LogP contribution in [0.4, 0.5) is 0 Å². The molecule has 0 spiro atoms. The third-order valence-corrected chi connectivity index (χ3v) is 4.22. The number of hydrogen-bond acceptors (Lipinski definition) is 4. The summed E-state index contributed by atoms with van der Waals surface area (Å²) in [6, 6.07) is 0. The number of rotatable bonds is 2. The summed E-state index contributed by atoms with van der Waals surface area (Å²) in [7, 11) is 0. The van der Waals surface area contributed by atoms with Crippen molar-refractivity contribution >= 4 is 5.97 Å².